The largest absolute Gasteiger partial charge is 0.494 e. The highest BCUT2D eigenvalue weighted by atomic mass is 32.2. The van der Waals surface area contributed by atoms with Crippen LogP contribution in [0.4, 0.5) is 0 Å². The normalized spacial score (nSPS) is 11.9. The fraction of sp³-hybridized carbons (Fsp3) is 0.312. The van der Waals surface area contributed by atoms with Crippen LogP contribution >= 0.6 is 11.3 Å². The molecule has 2 heterocycles. The summed E-state index contributed by atoms with van der Waals surface area (Å²) in [5.41, 5.74) is 0.685. The van der Waals surface area contributed by atoms with Crippen LogP contribution < -0.4 is 9.46 Å². The maximum absolute atomic E-state index is 12.3. The number of unbranched alkanes of at least 4 members (excludes halogenated alkanes) is 1. The number of nitrogens with zero attached hydrogens (tertiary/aromatic N) is 2. The molecule has 6 nitrogen and oxygen atoms in total. The topological polar surface area (TPSA) is 72.7 Å². The van der Waals surface area contributed by atoms with Gasteiger partial charge >= 0.3 is 0 Å². The minimum Gasteiger partial charge on any atom is -0.494 e. The molecular formula is C16H19N3O3S2. The lowest BCUT2D eigenvalue weighted by Crippen LogP contribution is -2.23. The van der Waals surface area contributed by atoms with Gasteiger partial charge in [0, 0.05) is 17.8 Å². The second-order valence-corrected chi connectivity index (χ2v) is 7.96. The molecule has 128 valence electrons. The Kier molecular flexibility index (Phi) is 5.17. The molecule has 0 atom stereocenters. The van der Waals surface area contributed by atoms with E-state index in [9.17, 15) is 8.42 Å². The van der Waals surface area contributed by atoms with Gasteiger partial charge in [0.25, 0.3) is 0 Å². The van der Waals surface area contributed by atoms with Crippen LogP contribution in [0.2, 0.25) is 0 Å². The van der Waals surface area contributed by atoms with Gasteiger partial charge in [-0.3, -0.25) is 4.40 Å². The lowest BCUT2D eigenvalue weighted by molar-refractivity contribution is 0.309. The third-order valence-electron chi connectivity index (χ3n) is 3.49. The summed E-state index contributed by atoms with van der Waals surface area (Å²) in [6.07, 6.45) is 5.74. The van der Waals surface area contributed by atoms with Crippen LogP contribution in [0.25, 0.3) is 4.96 Å². The molecule has 0 aliphatic rings. The minimum absolute atomic E-state index is 0.158. The van der Waals surface area contributed by atoms with Crippen LogP contribution in [0.3, 0.4) is 0 Å². The lowest BCUT2D eigenvalue weighted by atomic mass is 10.3. The highest BCUT2D eigenvalue weighted by Crippen LogP contribution is 2.17. The Morgan fingerprint density at radius 1 is 1.29 bits per heavy atom. The van der Waals surface area contributed by atoms with E-state index < -0.39 is 10.0 Å². The molecular weight excluding hydrogens is 346 g/mol. The van der Waals surface area contributed by atoms with Gasteiger partial charge < -0.3 is 4.74 Å². The molecule has 0 spiro atoms. The molecule has 0 bridgehead atoms. The van der Waals surface area contributed by atoms with E-state index in [-0.39, 0.29) is 11.4 Å². The van der Waals surface area contributed by atoms with Gasteiger partial charge in [0.2, 0.25) is 10.0 Å². The smallest absolute Gasteiger partial charge is 0.240 e. The molecule has 0 fully saturated rings. The standard InChI is InChI=1S/C16H19N3O3S2/c1-2-3-9-22-14-4-6-15(7-5-14)24(20,21)17-11-13-12-19-8-10-23-16(19)18-13/h4-8,10,12,17H,2-3,9,11H2,1H3. The van der Waals surface area contributed by atoms with E-state index in [0.717, 1.165) is 17.8 Å². The third-order valence-corrected chi connectivity index (χ3v) is 5.67. The quantitative estimate of drug-likeness (QED) is 0.623. The van der Waals surface area contributed by atoms with Crippen molar-refractivity contribution in [3.05, 3.63) is 47.7 Å². The van der Waals surface area contributed by atoms with E-state index in [1.165, 1.54) is 11.3 Å². The molecule has 0 aliphatic heterocycles. The second-order valence-electron chi connectivity index (χ2n) is 5.32. The fourth-order valence-electron chi connectivity index (χ4n) is 2.16. The summed E-state index contributed by atoms with van der Waals surface area (Å²) in [5.74, 6) is 0.678. The number of aromatic nitrogens is 2. The molecule has 0 unspecified atom stereocenters. The molecule has 0 radical (unpaired) electrons. The van der Waals surface area contributed by atoms with Crippen LogP contribution in [0.5, 0.6) is 5.75 Å². The van der Waals surface area contributed by atoms with Gasteiger partial charge in [-0.15, -0.1) is 11.3 Å². The summed E-state index contributed by atoms with van der Waals surface area (Å²) < 4.78 is 34.7. The number of imidazole rings is 1. The number of rotatable bonds is 8. The van der Waals surface area contributed by atoms with Crippen molar-refractivity contribution in [1.29, 1.82) is 0 Å². The maximum Gasteiger partial charge on any atom is 0.240 e. The van der Waals surface area contributed by atoms with Crippen LogP contribution in [-0.2, 0) is 16.6 Å². The number of hydrogen-bond donors (Lipinski definition) is 1. The molecule has 8 heteroatoms. The van der Waals surface area contributed by atoms with Gasteiger partial charge in [-0.2, -0.15) is 0 Å². The number of sulfonamides is 1. The Labute approximate surface area is 145 Å². The Morgan fingerprint density at radius 3 is 2.79 bits per heavy atom. The van der Waals surface area contributed by atoms with Crippen molar-refractivity contribution >= 4 is 26.3 Å². The summed E-state index contributed by atoms with van der Waals surface area (Å²) in [7, 11) is -3.57. The SMILES string of the molecule is CCCCOc1ccc(S(=O)(=O)NCc2cn3ccsc3n2)cc1. The third kappa shape index (κ3) is 3.95. The molecule has 24 heavy (non-hydrogen) atoms. The van der Waals surface area contributed by atoms with Gasteiger partial charge in [-0.05, 0) is 30.7 Å². The van der Waals surface area contributed by atoms with Crippen molar-refractivity contribution in [3.63, 3.8) is 0 Å². The highest BCUT2D eigenvalue weighted by Gasteiger charge is 2.14. The summed E-state index contributed by atoms with van der Waals surface area (Å²) in [5, 5.41) is 1.93. The summed E-state index contributed by atoms with van der Waals surface area (Å²) >= 11 is 1.51. The molecule has 1 N–H and O–H groups in total. The van der Waals surface area contributed by atoms with Crippen LogP contribution in [0.1, 0.15) is 25.5 Å². The van der Waals surface area contributed by atoms with Gasteiger partial charge in [0.15, 0.2) is 4.96 Å². The lowest BCUT2D eigenvalue weighted by Gasteiger charge is -2.08. The van der Waals surface area contributed by atoms with Crippen LogP contribution in [0.15, 0.2) is 46.9 Å². The summed E-state index contributed by atoms with van der Waals surface area (Å²) in [4.78, 5) is 5.42. The van der Waals surface area contributed by atoms with Crippen molar-refractivity contribution in [1.82, 2.24) is 14.1 Å². The molecule has 0 saturated carbocycles. The van der Waals surface area contributed by atoms with Gasteiger partial charge in [0.1, 0.15) is 5.75 Å². The van der Waals surface area contributed by atoms with E-state index in [4.69, 9.17) is 4.74 Å². The zero-order valence-electron chi connectivity index (χ0n) is 13.3. The summed E-state index contributed by atoms with van der Waals surface area (Å²) in [6.45, 7) is 2.89. The van der Waals surface area contributed by atoms with Crippen molar-refractivity contribution in [2.24, 2.45) is 0 Å². The van der Waals surface area contributed by atoms with Crippen molar-refractivity contribution < 1.29 is 13.2 Å². The fourth-order valence-corrected chi connectivity index (χ4v) is 3.88. The zero-order valence-corrected chi connectivity index (χ0v) is 14.9. The molecule has 0 aliphatic carbocycles. The maximum atomic E-state index is 12.3. The predicted molar refractivity (Wildman–Crippen MR) is 93.9 cm³/mol. The van der Waals surface area contributed by atoms with Crippen molar-refractivity contribution in [2.75, 3.05) is 6.61 Å². The number of benzene rings is 1. The molecule has 3 aromatic rings. The molecule has 0 amide bonds. The van der Waals surface area contributed by atoms with Gasteiger partial charge in [-0.1, -0.05) is 13.3 Å². The monoisotopic (exact) mass is 365 g/mol. The number of fused-ring (bicyclic) bond motifs is 1. The predicted octanol–water partition coefficient (Wildman–Crippen LogP) is 3.05. The first-order chi connectivity index (χ1) is 11.6. The number of ether oxygens (including phenoxy) is 1. The Morgan fingerprint density at radius 2 is 2.08 bits per heavy atom. The van der Waals surface area contributed by atoms with E-state index in [0.29, 0.717) is 18.1 Å². The second kappa shape index (κ2) is 7.33. The van der Waals surface area contributed by atoms with E-state index in [1.807, 2.05) is 22.2 Å². The average molecular weight is 365 g/mol. The van der Waals surface area contributed by atoms with Gasteiger partial charge in [0.05, 0.1) is 23.7 Å². The van der Waals surface area contributed by atoms with Crippen molar-refractivity contribution in [3.8, 4) is 5.75 Å². The average Bonchev–Trinajstić information content (AvgIpc) is 3.15. The van der Waals surface area contributed by atoms with Crippen LogP contribution in [-0.4, -0.2) is 24.4 Å². The Bertz CT molecular complexity index is 870. The first kappa shape index (κ1) is 16.9. The molecule has 2 aromatic heterocycles. The molecule has 3 rings (SSSR count). The summed E-state index contributed by atoms with van der Waals surface area (Å²) in [6, 6.07) is 6.46. The number of hydrogen-bond acceptors (Lipinski definition) is 5. The highest BCUT2D eigenvalue weighted by molar-refractivity contribution is 7.89. The van der Waals surface area contributed by atoms with E-state index in [2.05, 4.69) is 16.6 Å². The molecule has 1 aromatic carbocycles. The van der Waals surface area contributed by atoms with E-state index >= 15 is 0 Å². The molecule has 0 saturated heterocycles. The van der Waals surface area contributed by atoms with E-state index in [1.54, 1.807) is 24.3 Å². The van der Waals surface area contributed by atoms with Crippen molar-refractivity contribution in [2.45, 2.75) is 31.2 Å². The Balaban J connectivity index is 1.62. The number of nitrogens with one attached hydrogen (secondary N) is 1. The van der Waals surface area contributed by atoms with Crippen LogP contribution in [0, 0.1) is 0 Å². The zero-order chi connectivity index (χ0) is 17.0. The minimum atomic E-state index is -3.57. The first-order valence-electron chi connectivity index (χ1n) is 7.72. The Hall–Kier alpha value is -1.90. The van der Waals surface area contributed by atoms with Gasteiger partial charge in [-0.25, -0.2) is 18.1 Å². The number of thiazole rings is 1. The first-order valence-corrected chi connectivity index (χ1v) is 10.1.